The number of halogens is 2. The molecule has 0 saturated carbocycles. The number of carboxylic acids is 1. The maximum absolute atomic E-state index is 12.6. The normalized spacial score (nSPS) is 12.7. The number of nitrogens with one attached hydrogen (secondary N) is 1. The van der Waals surface area contributed by atoms with Crippen LogP contribution in [0, 0.1) is 0 Å². The van der Waals surface area contributed by atoms with Crippen molar-refractivity contribution in [3.05, 3.63) is 12.7 Å². The van der Waals surface area contributed by atoms with Gasteiger partial charge in [0.1, 0.15) is 12.6 Å². The standard InChI is InChI=1S/C9H13F2NO4/c1-3-4-16-8(15)12-6(7(13)14)5-9(2,10)11/h3,6H,1,4-5H2,2H3,(H,12,15)(H,13,14). The van der Waals surface area contributed by atoms with Crippen LogP contribution in [0.15, 0.2) is 12.7 Å². The quantitative estimate of drug-likeness (QED) is 0.684. The van der Waals surface area contributed by atoms with E-state index in [1.807, 2.05) is 5.32 Å². The van der Waals surface area contributed by atoms with Crippen LogP contribution in [0.5, 0.6) is 0 Å². The van der Waals surface area contributed by atoms with Crippen molar-refractivity contribution in [2.45, 2.75) is 25.3 Å². The van der Waals surface area contributed by atoms with E-state index in [0.717, 1.165) is 0 Å². The number of hydrogen-bond donors (Lipinski definition) is 2. The fourth-order valence-corrected chi connectivity index (χ4v) is 0.877. The second-order valence-electron chi connectivity index (χ2n) is 3.20. The van der Waals surface area contributed by atoms with Crippen molar-refractivity contribution >= 4 is 12.1 Å². The summed E-state index contributed by atoms with van der Waals surface area (Å²) in [7, 11) is 0. The number of alkyl carbamates (subject to hydrolysis) is 1. The number of ether oxygens (including phenoxy) is 1. The Hall–Kier alpha value is -1.66. The van der Waals surface area contributed by atoms with Crippen molar-refractivity contribution in [1.29, 1.82) is 0 Å². The van der Waals surface area contributed by atoms with Crippen LogP contribution >= 0.6 is 0 Å². The Labute approximate surface area is 91.1 Å². The first-order valence-electron chi connectivity index (χ1n) is 4.41. The maximum Gasteiger partial charge on any atom is 0.408 e. The highest BCUT2D eigenvalue weighted by Crippen LogP contribution is 2.19. The van der Waals surface area contributed by atoms with E-state index in [1.54, 1.807) is 0 Å². The molecule has 0 fully saturated rings. The second kappa shape index (κ2) is 6.04. The topological polar surface area (TPSA) is 75.6 Å². The number of alkyl halides is 2. The smallest absolute Gasteiger partial charge is 0.408 e. The van der Waals surface area contributed by atoms with E-state index in [1.165, 1.54) is 6.08 Å². The fraction of sp³-hybridized carbons (Fsp3) is 0.556. The second-order valence-corrected chi connectivity index (χ2v) is 3.20. The number of rotatable bonds is 6. The van der Waals surface area contributed by atoms with Gasteiger partial charge in [-0.25, -0.2) is 18.4 Å². The molecule has 5 nitrogen and oxygen atoms in total. The number of hydrogen-bond acceptors (Lipinski definition) is 3. The highest BCUT2D eigenvalue weighted by molar-refractivity contribution is 5.79. The minimum absolute atomic E-state index is 0.124. The summed E-state index contributed by atoms with van der Waals surface area (Å²) >= 11 is 0. The van der Waals surface area contributed by atoms with E-state index in [-0.39, 0.29) is 6.61 Å². The van der Waals surface area contributed by atoms with Gasteiger partial charge in [0.25, 0.3) is 0 Å². The lowest BCUT2D eigenvalue weighted by atomic mass is 10.1. The first-order chi connectivity index (χ1) is 7.26. The number of carbonyl (C=O) groups is 2. The molecule has 1 unspecified atom stereocenters. The van der Waals surface area contributed by atoms with Crippen molar-refractivity contribution < 1.29 is 28.2 Å². The third-order valence-electron chi connectivity index (χ3n) is 1.49. The molecular weight excluding hydrogens is 224 g/mol. The van der Waals surface area contributed by atoms with Crippen molar-refractivity contribution in [2.24, 2.45) is 0 Å². The highest BCUT2D eigenvalue weighted by atomic mass is 19.3. The molecule has 7 heteroatoms. The summed E-state index contributed by atoms with van der Waals surface area (Å²) in [5.74, 6) is -4.73. The van der Waals surface area contributed by atoms with E-state index >= 15 is 0 Å². The number of aliphatic carboxylic acids is 1. The molecular formula is C9H13F2NO4. The average molecular weight is 237 g/mol. The van der Waals surface area contributed by atoms with Gasteiger partial charge in [-0.3, -0.25) is 0 Å². The van der Waals surface area contributed by atoms with E-state index < -0.39 is 30.4 Å². The van der Waals surface area contributed by atoms with E-state index in [4.69, 9.17) is 5.11 Å². The van der Waals surface area contributed by atoms with E-state index in [0.29, 0.717) is 6.92 Å². The molecule has 2 N–H and O–H groups in total. The number of carboxylic acid groups (broad SMARTS) is 1. The molecule has 1 amide bonds. The lowest BCUT2D eigenvalue weighted by Gasteiger charge is -2.17. The highest BCUT2D eigenvalue weighted by Gasteiger charge is 2.32. The lowest BCUT2D eigenvalue weighted by molar-refractivity contribution is -0.141. The van der Waals surface area contributed by atoms with Crippen molar-refractivity contribution in [3.63, 3.8) is 0 Å². The SMILES string of the molecule is C=CCOC(=O)NC(CC(C)(F)F)C(=O)O. The van der Waals surface area contributed by atoms with Gasteiger partial charge in [-0.1, -0.05) is 12.7 Å². The molecule has 16 heavy (non-hydrogen) atoms. The zero-order valence-electron chi connectivity index (χ0n) is 8.70. The third kappa shape index (κ3) is 6.74. The van der Waals surface area contributed by atoms with Gasteiger partial charge >= 0.3 is 12.1 Å². The molecule has 0 spiro atoms. The summed E-state index contributed by atoms with van der Waals surface area (Å²) in [4.78, 5) is 21.5. The van der Waals surface area contributed by atoms with Crippen LogP contribution < -0.4 is 5.32 Å². The first kappa shape index (κ1) is 14.3. The van der Waals surface area contributed by atoms with Crippen molar-refractivity contribution in [1.82, 2.24) is 5.32 Å². The predicted molar refractivity (Wildman–Crippen MR) is 51.3 cm³/mol. The van der Waals surface area contributed by atoms with Crippen LogP contribution in [0.2, 0.25) is 0 Å². The van der Waals surface area contributed by atoms with Gasteiger partial charge in [0.2, 0.25) is 5.92 Å². The van der Waals surface area contributed by atoms with Gasteiger partial charge in [0.15, 0.2) is 0 Å². The van der Waals surface area contributed by atoms with Gasteiger partial charge in [0.05, 0.1) is 0 Å². The Morgan fingerprint density at radius 2 is 2.19 bits per heavy atom. The zero-order chi connectivity index (χ0) is 12.8. The summed E-state index contributed by atoms with van der Waals surface area (Å²) in [6.07, 6.45) is -0.800. The van der Waals surface area contributed by atoms with Gasteiger partial charge in [-0.05, 0) is 6.92 Å². The minimum Gasteiger partial charge on any atom is -0.480 e. The Bertz CT molecular complexity index is 275. The molecule has 1 atom stereocenters. The summed E-state index contributed by atoms with van der Waals surface area (Å²) < 4.78 is 29.5. The molecule has 0 radical (unpaired) electrons. The molecule has 92 valence electrons. The number of amides is 1. The number of carbonyl (C=O) groups excluding carboxylic acids is 1. The summed E-state index contributed by atoms with van der Waals surface area (Å²) in [5, 5.41) is 10.4. The Morgan fingerprint density at radius 1 is 1.62 bits per heavy atom. The molecule has 0 bridgehead atoms. The van der Waals surface area contributed by atoms with Crippen molar-refractivity contribution in [3.8, 4) is 0 Å². The monoisotopic (exact) mass is 237 g/mol. The summed E-state index contributed by atoms with van der Waals surface area (Å²) in [5.41, 5.74) is 0. The molecule has 0 rings (SSSR count). The van der Waals surface area contributed by atoms with E-state index in [9.17, 15) is 18.4 Å². The van der Waals surface area contributed by atoms with Crippen molar-refractivity contribution in [2.75, 3.05) is 6.61 Å². The van der Waals surface area contributed by atoms with Gasteiger partial charge in [-0.15, -0.1) is 0 Å². The average Bonchev–Trinajstić information content (AvgIpc) is 2.11. The van der Waals surface area contributed by atoms with Gasteiger partial charge in [0, 0.05) is 6.42 Å². The molecule has 0 aliphatic heterocycles. The molecule has 0 saturated heterocycles. The molecule has 0 heterocycles. The Morgan fingerprint density at radius 3 is 2.56 bits per heavy atom. The van der Waals surface area contributed by atoms with E-state index in [2.05, 4.69) is 11.3 Å². The van der Waals surface area contributed by atoms with Gasteiger partial charge in [-0.2, -0.15) is 0 Å². The Balaban J connectivity index is 4.29. The predicted octanol–water partition coefficient (Wildman–Crippen LogP) is 1.40. The molecule has 0 aromatic heterocycles. The van der Waals surface area contributed by atoms with Crippen LogP contribution in [0.4, 0.5) is 13.6 Å². The largest absolute Gasteiger partial charge is 0.480 e. The third-order valence-corrected chi connectivity index (χ3v) is 1.49. The fourth-order valence-electron chi connectivity index (χ4n) is 0.877. The maximum atomic E-state index is 12.6. The van der Waals surface area contributed by atoms with Crippen LogP contribution in [0.25, 0.3) is 0 Å². The van der Waals surface area contributed by atoms with Crippen LogP contribution in [-0.4, -0.2) is 35.7 Å². The first-order valence-corrected chi connectivity index (χ1v) is 4.41. The lowest BCUT2D eigenvalue weighted by Crippen LogP contribution is -2.44. The molecule has 0 aliphatic rings. The molecule has 0 aromatic rings. The van der Waals surface area contributed by atoms with Crippen LogP contribution in [0.1, 0.15) is 13.3 Å². The van der Waals surface area contributed by atoms with Gasteiger partial charge < -0.3 is 15.2 Å². The summed E-state index contributed by atoms with van der Waals surface area (Å²) in [6.45, 7) is 3.71. The zero-order valence-corrected chi connectivity index (χ0v) is 8.70. The summed E-state index contributed by atoms with van der Waals surface area (Å²) in [6, 6.07) is -1.68. The Kier molecular flexibility index (Phi) is 5.41. The minimum atomic E-state index is -3.19. The molecule has 0 aromatic carbocycles. The molecule has 0 aliphatic carbocycles. The van der Waals surface area contributed by atoms with Crippen LogP contribution in [-0.2, 0) is 9.53 Å². The van der Waals surface area contributed by atoms with Crippen LogP contribution in [0.3, 0.4) is 0 Å².